The zero-order valence-corrected chi connectivity index (χ0v) is 13.6. The molecule has 21 heavy (non-hydrogen) atoms. The van der Waals surface area contributed by atoms with Crippen LogP contribution in [0.15, 0.2) is 24.5 Å². The first-order chi connectivity index (χ1) is 10.2. The van der Waals surface area contributed by atoms with Crippen LogP contribution in [0.2, 0.25) is 0 Å². The van der Waals surface area contributed by atoms with Crippen molar-refractivity contribution in [3.05, 3.63) is 30.1 Å². The lowest BCUT2D eigenvalue weighted by Crippen LogP contribution is -2.54. The number of hydrogen-bond acceptors (Lipinski definition) is 4. The van der Waals surface area contributed by atoms with Gasteiger partial charge in [0.25, 0.3) is 0 Å². The molecule has 0 aromatic carbocycles. The number of nitrogens with one attached hydrogen (secondary N) is 1. The van der Waals surface area contributed by atoms with Crippen LogP contribution in [0.3, 0.4) is 0 Å². The van der Waals surface area contributed by atoms with Gasteiger partial charge < -0.3 is 10.1 Å². The largest absolute Gasteiger partial charge is 0.374 e. The lowest BCUT2D eigenvalue weighted by Gasteiger charge is -2.39. The molecule has 0 bridgehead atoms. The zero-order valence-electron chi connectivity index (χ0n) is 13.6. The number of nitrogens with zero attached hydrogens (tertiary/aromatic N) is 2. The highest BCUT2D eigenvalue weighted by atomic mass is 16.5. The van der Waals surface area contributed by atoms with Gasteiger partial charge in [-0.2, -0.15) is 0 Å². The topological polar surface area (TPSA) is 37.4 Å². The summed E-state index contributed by atoms with van der Waals surface area (Å²) < 4.78 is 6.07. The van der Waals surface area contributed by atoms with Gasteiger partial charge in [0, 0.05) is 37.6 Å². The summed E-state index contributed by atoms with van der Waals surface area (Å²) in [5, 5.41) is 3.68. The van der Waals surface area contributed by atoms with Gasteiger partial charge in [-0.25, -0.2) is 0 Å². The number of aromatic nitrogens is 1. The van der Waals surface area contributed by atoms with Crippen molar-refractivity contribution in [1.29, 1.82) is 0 Å². The number of morpholine rings is 1. The summed E-state index contributed by atoms with van der Waals surface area (Å²) in [6, 6.07) is 5.16. The van der Waals surface area contributed by atoms with Crippen LogP contribution >= 0.6 is 0 Å². The first-order valence-corrected chi connectivity index (χ1v) is 8.18. The number of pyridine rings is 1. The molecule has 1 aliphatic rings. The molecular formula is C17H29N3O. The maximum atomic E-state index is 6.07. The van der Waals surface area contributed by atoms with Crippen molar-refractivity contribution in [1.82, 2.24) is 15.2 Å². The normalized spacial score (nSPS) is 21.6. The Labute approximate surface area is 128 Å². The summed E-state index contributed by atoms with van der Waals surface area (Å²) in [4.78, 5) is 6.62. The van der Waals surface area contributed by atoms with Crippen LogP contribution in [0.25, 0.3) is 0 Å². The molecule has 1 aromatic heterocycles. The molecule has 0 spiro atoms. The molecule has 1 aliphatic heterocycles. The first kappa shape index (κ1) is 16.4. The average molecular weight is 291 g/mol. The second kappa shape index (κ2) is 8.47. The van der Waals surface area contributed by atoms with Crippen molar-refractivity contribution >= 4 is 0 Å². The van der Waals surface area contributed by atoms with E-state index in [2.05, 4.69) is 48.1 Å². The van der Waals surface area contributed by atoms with Crippen molar-refractivity contribution in [3.63, 3.8) is 0 Å². The maximum Gasteiger partial charge on any atom is 0.0858 e. The standard InChI is InChI=1S/C17H29N3O/c1-4-7-19-16(12-15-5-8-18-9-6-15)17-13-20(14(2)3)10-11-21-17/h5-6,8-9,14,16-17,19H,4,7,10-13H2,1-3H3. The molecule has 1 aromatic rings. The second-order valence-corrected chi connectivity index (χ2v) is 6.12. The third-order valence-electron chi connectivity index (χ3n) is 4.17. The zero-order chi connectivity index (χ0) is 15.1. The minimum absolute atomic E-state index is 0.265. The van der Waals surface area contributed by atoms with Gasteiger partial charge >= 0.3 is 0 Å². The Balaban J connectivity index is 2.00. The van der Waals surface area contributed by atoms with E-state index in [0.29, 0.717) is 12.1 Å². The molecule has 0 radical (unpaired) electrons. The van der Waals surface area contributed by atoms with Crippen molar-refractivity contribution < 1.29 is 4.74 Å². The van der Waals surface area contributed by atoms with Gasteiger partial charge in [0.2, 0.25) is 0 Å². The molecule has 0 aliphatic carbocycles. The Morgan fingerprint density at radius 2 is 2.14 bits per heavy atom. The van der Waals surface area contributed by atoms with E-state index in [1.54, 1.807) is 0 Å². The van der Waals surface area contributed by atoms with Crippen molar-refractivity contribution in [3.8, 4) is 0 Å². The smallest absolute Gasteiger partial charge is 0.0858 e. The van der Waals surface area contributed by atoms with E-state index in [1.807, 2.05) is 12.4 Å². The minimum atomic E-state index is 0.265. The van der Waals surface area contributed by atoms with Gasteiger partial charge in [0.1, 0.15) is 0 Å². The van der Waals surface area contributed by atoms with Crippen LogP contribution < -0.4 is 5.32 Å². The molecule has 118 valence electrons. The molecule has 2 atom stereocenters. The Hall–Kier alpha value is -0.970. The monoisotopic (exact) mass is 291 g/mol. The lowest BCUT2D eigenvalue weighted by atomic mass is 10.00. The van der Waals surface area contributed by atoms with E-state index in [1.165, 1.54) is 5.56 Å². The Morgan fingerprint density at radius 3 is 2.81 bits per heavy atom. The van der Waals surface area contributed by atoms with Gasteiger partial charge in [-0.1, -0.05) is 6.92 Å². The van der Waals surface area contributed by atoms with Crippen LogP contribution in [-0.2, 0) is 11.2 Å². The fraction of sp³-hybridized carbons (Fsp3) is 0.706. The van der Waals surface area contributed by atoms with Gasteiger partial charge in [0.15, 0.2) is 0 Å². The van der Waals surface area contributed by atoms with Crippen LogP contribution in [0, 0.1) is 0 Å². The van der Waals surface area contributed by atoms with E-state index < -0.39 is 0 Å². The van der Waals surface area contributed by atoms with E-state index in [0.717, 1.165) is 39.1 Å². The number of ether oxygens (including phenoxy) is 1. The Bertz CT molecular complexity index is 396. The highest BCUT2D eigenvalue weighted by molar-refractivity contribution is 5.12. The van der Waals surface area contributed by atoms with Crippen LogP contribution in [0.1, 0.15) is 32.8 Å². The fourth-order valence-corrected chi connectivity index (χ4v) is 2.85. The molecule has 4 heteroatoms. The molecule has 2 unspecified atom stereocenters. The van der Waals surface area contributed by atoms with Crippen molar-refractivity contribution in [2.24, 2.45) is 0 Å². The SMILES string of the molecule is CCCNC(Cc1ccncc1)C1CN(C(C)C)CCO1. The summed E-state index contributed by atoms with van der Waals surface area (Å²) in [6.45, 7) is 10.7. The summed E-state index contributed by atoms with van der Waals surface area (Å²) in [5.41, 5.74) is 1.32. The second-order valence-electron chi connectivity index (χ2n) is 6.12. The summed E-state index contributed by atoms with van der Waals surface area (Å²) in [6.07, 6.45) is 6.15. The molecule has 0 amide bonds. The molecule has 1 fully saturated rings. The summed E-state index contributed by atoms with van der Waals surface area (Å²) in [5.74, 6) is 0. The quantitative estimate of drug-likeness (QED) is 0.835. The summed E-state index contributed by atoms with van der Waals surface area (Å²) in [7, 11) is 0. The number of rotatable bonds is 7. The predicted molar refractivity (Wildman–Crippen MR) is 86.5 cm³/mol. The molecule has 1 N–H and O–H groups in total. The predicted octanol–water partition coefficient (Wildman–Crippen LogP) is 2.10. The molecule has 2 heterocycles. The first-order valence-electron chi connectivity index (χ1n) is 8.18. The minimum Gasteiger partial charge on any atom is -0.374 e. The lowest BCUT2D eigenvalue weighted by molar-refractivity contribution is -0.0551. The molecule has 1 saturated heterocycles. The molecule has 0 saturated carbocycles. The van der Waals surface area contributed by atoms with Gasteiger partial charge in [-0.15, -0.1) is 0 Å². The van der Waals surface area contributed by atoms with Gasteiger partial charge in [-0.3, -0.25) is 9.88 Å². The highest BCUT2D eigenvalue weighted by Crippen LogP contribution is 2.15. The van der Waals surface area contributed by atoms with E-state index in [9.17, 15) is 0 Å². The van der Waals surface area contributed by atoms with Gasteiger partial charge in [-0.05, 0) is 50.9 Å². The highest BCUT2D eigenvalue weighted by Gasteiger charge is 2.28. The molecule has 4 nitrogen and oxygen atoms in total. The van der Waals surface area contributed by atoms with Gasteiger partial charge in [0.05, 0.1) is 12.7 Å². The third-order valence-corrected chi connectivity index (χ3v) is 4.17. The van der Waals surface area contributed by atoms with Crippen LogP contribution in [-0.4, -0.2) is 54.3 Å². The van der Waals surface area contributed by atoms with E-state index >= 15 is 0 Å². The molecular weight excluding hydrogens is 262 g/mol. The van der Waals surface area contributed by atoms with Crippen molar-refractivity contribution in [2.75, 3.05) is 26.2 Å². The van der Waals surface area contributed by atoms with E-state index in [-0.39, 0.29) is 6.10 Å². The average Bonchev–Trinajstić information content (AvgIpc) is 2.52. The molecule has 2 rings (SSSR count). The maximum absolute atomic E-state index is 6.07. The number of hydrogen-bond donors (Lipinski definition) is 1. The van der Waals surface area contributed by atoms with Crippen molar-refractivity contribution in [2.45, 2.75) is 51.8 Å². The Morgan fingerprint density at radius 1 is 1.38 bits per heavy atom. The fourth-order valence-electron chi connectivity index (χ4n) is 2.85. The summed E-state index contributed by atoms with van der Waals surface area (Å²) >= 11 is 0. The Kier molecular flexibility index (Phi) is 6.61. The van der Waals surface area contributed by atoms with Crippen LogP contribution in [0.5, 0.6) is 0 Å². The van der Waals surface area contributed by atoms with E-state index in [4.69, 9.17) is 4.74 Å². The third kappa shape index (κ3) is 5.06. The van der Waals surface area contributed by atoms with Crippen LogP contribution in [0.4, 0.5) is 0 Å².